The van der Waals surface area contributed by atoms with Crippen molar-refractivity contribution in [2.45, 2.75) is 13.3 Å². The fourth-order valence-corrected chi connectivity index (χ4v) is 2.75. The molecule has 70 valence electrons. The SMILES string of the molecule is C/C=C/C1C2C=CC(C2)C1C(N)=O. The predicted octanol–water partition coefficient (Wildman–Crippen LogP) is 1.49. The van der Waals surface area contributed by atoms with Gasteiger partial charge < -0.3 is 5.73 Å². The average Bonchev–Trinajstić information content (AvgIpc) is 2.63. The van der Waals surface area contributed by atoms with E-state index < -0.39 is 0 Å². The third kappa shape index (κ3) is 1.21. The maximum Gasteiger partial charge on any atom is 0.221 e. The highest BCUT2D eigenvalue weighted by atomic mass is 16.1. The van der Waals surface area contributed by atoms with Gasteiger partial charge in [0.05, 0.1) is 5.92 Å². The number of rotatable bonds is 2. The summed E-state index contributed by atoms with van der Waals surface area (Å²) in [6, 6.07) is 0. The molecule has 0 radical (unpaired) electrons. The van der Waals surface area contributed by atoms with Crippen LogP contribution < -0.4 is 5.73 Å². The van der Waals surface area contributed by atoms with Crippen LogP contribution in [0.5, 0.6) is 0 Å². The largest absolute Gasteiger partial charge is 0.369 e. The molecule has 0 spiro atoms. The van der Waals surface area contributed by atoms with Gasteiger partial charge in [0.15, 0.2) is 0 Å². The topological polar surface area (TPSA) is 43.1 Å². The van der Waals surface area contributed by atoms with Crippen molar-refractivity contribution in [3.8, 4) is 0 Å². The molecule has 1 fully saturated rings. The van der Waals surface area contributed by atoms with Crippen LogP contribution in [0.3, 0.4) is 0 Å². The number of carbonyl (C=O) groups is 1. The summed E-state index contributed by atoms with van der Waals surface area (Å²) in [7, 11) is 0. The molecule has 13 heavy (non-hydrogen) atoms. The normalized spacial score (nSPS) is 41.9. The van der Waals surface area contributed by atoms with Gasteiger partial charge in [-0.15, -0.1) is 0 Å². The van der Waals surface area contributed by atoms with Crippen LogP contribution in [0.15, 0.2) is 24.3 Å². The molecular formula is C11H15NO. The van der Waals surface area contributed by atoms with E-state index >= 15 is 0 Å². The van der Waals surface area contributed by atoms with E-state index in [0.717, 1.165) is 6.42 Å². The molecule has 2 rings (SSSR count). The number of primary amides is 1. The number of hydrogen-bond donors (Lipinski definition) is 1. The van der Waals surface area contributed by atoms with Crippen LogP contribution in [0.4, 0.5) is 0 Å². The lowest BCUT2D eigenvalue weighted by Crippen LogP contribution is -2.32. The second-order valence-corrected chi connectivity index (χ2v) is 3.98. The van der Waals surface area contributed by atoms with E-state index in [-0.39, 0.29) is 11.8 Å². The highest BCUT2D eigenvalue weighted by Crippen LogP contribution is 2.48. The summed E-state index contributed by atoms with van der Waals surface area (Å²) in [6.45, 7) is 1.99. The second-order valence-electron chi connectivity index (χ2n) is 3.98. The van der Waals surface area contributed by atoms with Crippen LogP contribution in [0.1, 0.15) is 13.3 Å². The zero-order valence-electron chi connectivity index (χ0n) is 7.81. The van der Waals surface area contributed by atoms with E-state index in [1.54, 1.807) is 0 Å². The Balaban J connectivity index is 2.25. The monoisotopic (exact) mass is 177 g/mol. The average molecular weight is 177 g/mol. The van der Waals surface area contributed by atoms with Crippen LogP contribution in [-0.2, 0) is 4.79 Å². The molecule has 2 heteroatoms. The summed E-state index contributed by atoms with van der Waals surface area (Å²) in [5.74, 6) is 1.23. The standard InChI is InChI=1S/C11H15NO/c1-2-3-9-7-4-5-8(6-7)10(9)11(12)13/h2-5,7-10H,6H2,1H3,(H2,12,13)/b3-2+. The van der Waals surface area contributed by atoms with E-state index in [2.05, 4.69) is 18.2 Å². The first-order valence-electron chi connectivity index (χ1n) is 4.84. The Hall–Kier alpha value is -1.05. The fourth-order valence-electron chi connectivity index (χ4n) is 2.75. The molecule has 4 atom stereocenters. The zero-order chi connectivity index (χ0) is 9.42. The molecule has 0 saturated heterocycles. The Bertz CT molecular complexity index is 280. The van der Waals surface area contributed by atoms with Crippen molar-refractivity contribution >= 4 is 5.91 Å². The molecule has 1 amide bonds. The minimum atomic E-state index is -0.139. The molecule has 1 saturated carbocycles. The number of nitrogens with two attached hydrogens (primary N) is 1. The highest BCUT2D eigenvalue weighted by Gasteiger charge is 2.45. The van der Waals surface area contributed by atoms with E-state index in [9.17, 15) is 4.79 Å². The van der Waals surface area contributed by atoms with Gasteiger partial charge in [0.1, 0.15) is 0 Å². The first kappa shape index (κ1) is 8.54. The summed E-state index contributed by atoms with van der Waals surface area (Å²) >= 11 is 0. The lowest BCUT2D eigenvalue weighted by atomic mass is 9.82. The van der Waals surface area contributed by atoms with Crippen molar-refractivity contribution < 1.29 is 4.79 Å². The molecular weight excluding hydrogens is 162 g/mol. The Morgan fingerprint density at radius 1 is 1.46 bits per heavy atom. The van der Waals surface area contributed by atoms with Gasteiger partial charge in [-0.2, -0.15) is 0 Å². The molecule has 0 heterocycles. The Morgan fingerprint density at radius 3 is 2.77 bits per heavy atom. The highest BCUT2D eigenvalue weighted by molar-refractivity contribution is 5.78. The minimum Gasteiger partial charge on any atom is -0.369 e. The summed E-state index contributed by atoms with van der Waals surface area (Å²) in [6.07, 6.45) is 9.65. The van der Waals surface area contributed by atoms with Crippen molar-refractivity contribution in [2.24, 2.45) is 29.4 Å². The first-order chi connectivity index (χ1) is 6.24. The Labute approximate surface area is 78.5 Å². The van der Waals surface area contributed by atoms with Crippen LogP contribution in [-0.4, -0.2) is 5.91 Å². The van der Waals surface area contributed by atoms with Crippen LogP contribution in [0.2, 0.25) is 0 Å². The lowest BCUT2D eigenvalue weighted by molar-refractivity contribution is -0.123. The van der Waals surface area contributed by atoms with E-state index in [1.807, 2.05) is 13.0 Å². The number of hydrogen-bond acceptors (Lipinski definition) is 1. The maximum absolute atomic E-state index is 11.2. The van der Waals surface area contributed by atoms with Gasteiger partial charge in [-0.25, -0.2) is 0 Å². The molecule has 2 bridgehead atoms. The molecule has 2 N–H and O–H groups in total. The third-order valence-electron chi connectivity index (χ3n) is 3.26. The summed E-state index contributed by atoms with van der Waals surface area (Å²) in [4.78, 5) is 11.2. The molecule has 0 aromatic rings. The maximum atomic E-state index is 11.2. The third-order valence-corrected chi connectivity index (χ3v) is 3.26. The van der Waals surface area contributed by atoms with Gasteiger partial charge in [0.25, 0.3) is 0 Å². The smallest absolute Gasteiger partial charge is 0.221 e. The molecule has 2 nitrogen and oxygen atoms in total. The lowest BCUT2D eigenvalue weighted by Gasteiger charge is -2.22. The summed E-state index contributed by atoms with van der Waals surface area (Å²) < 4.78 is 0. The molecule has 2 aliphatic carbocycles. The van der Waals surface area contributed by atoms with Crippen LogP contribution in [0, 0.1) is 23.7 Å². The van der Waals surface area contributed by atoms with Gasteiger partial charge in [0.2, 0.25) is 5.91 Å². The molecule has 2 aliphatic rings. The van der Waals surface area contributed by atoms with Crippen molar-refractivity contribution in [3.05, 3.63) is 24.3 Å². The minimum absolute atomic E-state index is 0.0474. The van der Waals surface area contributed by atoms with Gasteiger partial charge in [0, 0.05) is 0 Å². The quantitative estimate of drug-likeness (QED) is 0.638. The van der Waals surface area contributed by atoms with Crippen molar-refractivity contribution in [1.29, 1.82) is 0 Å². The Morgan fingerprint density at radius 2 is 2.15 bits per heavy atom. The van der Waals surface area contributed by atoms with E-state index in [4.69, 9.17) is 5.73 Å². The van der Waals surface area contributed by atoms with E-state index in [1.165, 1.54) is 0 Å². The molecule has 0 aromatic carbocycles. The van der Waals surface area contributed by atoms with Crippen LogP contribution >= 0.6 is 0 Å². The first-order valence-corrected chi connectivity index (χ1v) is 4.84. The zero-order valence-corrected chi connectivity index (χ0v) is 7.81. The summed E-state index contributed by atoms with van der Waals surface area (Å²) in [5.41, 5.74) is 5.40. The van der Waals surface area contributed by atoms with Gasteiger partial charge >= 0.3 is 0 Å². The second kappa shape index (κ2) is 3.02. The number of fused-ring (bicyclic) bond motifs is 2. The van der Waals surface area contributed by atoms with Gasteiger partial charge in [-0.3, -0.25) is 4.79 Å². The van der Waals surface area contributed by atoms with Gasteiger partial charge in [-0.05, 0) is 31.1 Å². The Kier molecular flexibility index (Phi) is 1.98. The fraction of sp³-hybridized carbons (Fsp3) is 0.545. The molecule has 0 aromatic heterocycles. The molecule has 0 aliphatic heterocycles. The number of amides is 1. The van der Waals surface area contributed by atoms with Gasteiger partial charge in [-0.1, -0.05) is 24.3 Å². The van der Waals surface area contributed by atoms with Crippen LogP contribution in [0.25, 0.3) is 0 Å². The molecule has 4 unspecified atom stereocenters. The van der Waals surface area contributed by atoms with Crippen molar-refractivity contribution in [3.63, 3.8) is 0 Å². The van der Waals surface area contributed by atoms with Crippen molar-refractivity contribution in [2.75, 3.05) is 0 Å². The number of allylic oxidation sites excluding steroid dienone is 4. The van der Waals surface area contributed by atoms with Crippen molar-refractivity contribution in [1.82, 2.24) is 0 Å². The van der Waals surface area contributed by atoms with E-state index in [0.29, 0.717) is 17.8 Å². The predicted molar refractivity (Wildman–Crippen MR) is 51.7 cm³/mol. The number of carbonyl (C=O) groups excluding carboxylic acids is 1. The summed E-state index contributed by atoms with van der Waals surface area (Å²) in [5, 5.41) is 0.